The molecule has 1 rings (SSSR count). The Labute approximate surface area is 185 Å². The summed E-state index contributed by atoms with van der Waals surface area (Å²) >= 11 is 0. The number of carbonyl (C=O) groups excluding carboxylic acids is 1. The zero-order valence-electron chi connectivity index (χ0n) is 19.7. The smallest absolute Gasteiger partial charge is 0.334 e. The molecule has 0 bridgehead atoms. The second kappa shape index (κ2) is 14.0. The molecule has 2 N–H and O–H groups in total. The number of rotatable bonds is 15. The molecule has 4 nitrogen and oxygen atoms in total. The molecule has 172 valence electrons. The summed E-state index contributed by atoms with van der Waals surface area (Å²) in [4.78, 5) is 12.9. The molecule has 1 aliphatic rings. The molecule has 2 atom stereocenters. The molecule has 0 heterocycles. The Kier molecular flexibility index (Phi) is 12.5. The van der Waals surface area contributed by atoms with Crippen LogP contribution in [-0.4, -0.2) is 43.1 Å². The van der Waals surface area contributed by atoms with Crippen molar-refractivity contribution in [2.75, 3.05) is 13.2 Å². The maximum absolute atomic E-state index is 12.9. The van der Waals surface area contributed by atoms with Crippen molar-refractivity contribution in [3.05, 3.63) is 36.0 Å². The lowest BCUT2D eigenvalue weighted by molar-refractivity contribution is -0.139. The highest BCUT2D eigenvalue weighted by Gasteiger charge is 2.40. The van der Waals surface area contributed by atoms with Crippen LogP contribution in [0.1, 0.15) is 64.7 Å². The minimum atomic E-state index is -1.27. The van der Waals surface area contributed by atoms with Crippen molar-refractivity contribution < 1.29 is 19.7 Å². The Balaban J connectivity index is 2.78. The fourth-order valence-electron chi connectivity index (χ4n) is 3.61. The first-order valence-electron chi connectivity index (χ1n) is 11.8. The van der Waals surface area contributed by atoms with E-state index in [0.717, 1.165) is 57.4 Å². The molecule has 1 unspecified atom stereocenters. The third-order valence-electron chi connectivity index (χ3n) is 5.60. The van der Waals surface area contributed by atoms with Crippen molar-refractivity contribution in [1.29, 1.82) is 0 Å². The van der Waals surface area contributed by atoms with E-state index in [1.807, 2.05) is 30.4 Å². The Morgan fingerprint density at radius 3 is 2.57 bits per heavy atom. The molecule has 0 radical (unpaired) electrons. The van der Waals surface area contributed by atoms with Crippen LogP contribution in [0.2, 0.25) is 25.7 Å². The predicted molar refractivity (Wildman–Crippen MR) is 128 cm³/mol. The molecule has 0 aliphatic heterocycles. The lowest BCUT2D eigenvalue weighted by Crippen LogP contribution is -2.34. The van der Waals surface area contributed by atoms with E-state index >= 15 is 0 Å². The summed E-state index contributed by atoms with van der Waals surface area (Å²) in [6.07, 6.45) is 18.1. The van der Waals surface area contributed by atoms with Crippen molar-refractivity contribution in [2.45, 2.75) is 96.0 Å². The minimum Gasteiger partial charge on any atom is -0.463 e. The quantitative estimate of drug-likeness (QED) is 0.112. The minimum absolute atomic E-state index is 0.253. The highest BCUT2D eigenvalue weighted by molar-refractivity contribution is 6.76. The summed E-state index contributed by atoms with van der Waals surface area (Å²) in [6.45, 7) is 9.66. The van der Waals surface area contributed by atoms with Gasteiger partial charge in [0.2, 0.25) is 0 Å². The van der Waals surface area contributed by atoms with Crippen LogP contribution in [0.4, 0.5) is 0 Å². The van der Waals surface area contributed by atoms with Crippen molar-refractivity contribution in [2.24, 2.45) is 5.92 Å². The third kappa shape index (κ3) is 10.2. The number of esters is 1. The molecular formula is C25H44O4Si. The monoisotopic (exact) mass is 436 g/mol. The topological polar surface area (TPSA) is 66.8 Å². The van der Waals surface area contributed by atoms with E-state index in [2.05, 4.69) is 26.6 Å². The van der Waals surface area contributed by atoms with Gasteiger partial charge in [-0.25, -0.2) is 4.79 Å². The second-order valence-electron chi connectivity index (χ2n) is 9.66. The van der Waals surface area contributed by atoms with Gasteiger partial charge < -0.3 is 14.9 Å². The van der Waals surface area contributed by atoms with Crippen LogP contribution in [0.25, 0.3) is 0 Å². The van der Waals surface area contributed by atoms with Gasteiger partial charge in [-0.3, -0.25) is 0 Å². The molecular weight excluding hydrogens is 392 g/mol. The number of hydrogen-bond acceptors (Lipinski definition) is 4. The lowest BCUT2D eigenvalue weighted by Gasteiger charge is -2.28. The first kappa shape index (κ1) is 26.9. The van der Waals surface area contributed by atoms with Gasteiger partial charge in [0, 0.05) is 26.2 Å². The maximum Gasteiger partial charge on any atom is 0.334 e. The molecule has 0 aromatic rings. The van der Waals surface area contributed by atoms with Crippen molar-refractivity contribution in [1.82, 2.24) is 0 Å². The van der Waals surface area contributed by atoms with Gasteiger partial charge >= 0.3 is 5.97 Å². The number of allylic oxidation sites excluding steroid dienone is 3. The summed E-state index contributed by atoms with van der Waals surface area (Å²) < 4.78 is 5.64. The van der Waals surface area contributed by atoms with E-state index in [4.69, 9.17) is 9.84 Å². The van der Waals surface area contributed by atoms with E-state index in [1.54, 1.807) is 0 Å². The molecule has 0 amide bonds. The normalized spacial score (nSPS) is 22.2. The highest BCUT2D eigenvalue weighted by Crippen LogP contribution is 2.37. The molecule has 0 fully saturated rings. The van der Waals surface area contributed by atoms with E-state index in [0.29, 0.717) is 18.6 Å². The number of aliphatic hydroxyl groups excluding tert-OH is 1. The van der Waals surface area contributed by atoms with Gasteiger partial charge in [0.1, 0.15) is 5.60 Å². The SMILES string of the molecule is CCCCC=C(C(=O)OCC[Si](C)(C)C)C1CC=C[C@]1(O)C=CCCCCCCO. The average Bonchev–Trinajstić information content (AvgIpc) is 3.05. The maximum atomic E-state index is 12.9. The van der Waals surface area contributed by atoms with Gasteiger partial charge in [-0.2, -0.15) is 0 Å². The Morgan fingerprint density at radius 1 is 1.17 bits per heavy atom. The predicted octanol–water partition coefficient (Wildman–Crippen LogP) is 5.79. The van der Waals surface area contributed by atoms with Gasteiger partial charge in [-0.15, -0.1) is 0 Å². The molecule has 30 heavy (non-hydrogen) atoms. The van der Waals surface area contributed by atoms with Gasteiger partial charge in [-0.1, -0.05) is 82.6 Å². The van der Waals surface area contributed by atoms with Crippen LogP contribution in [0.3, 0.4) is 0 Å². The van der Waals surface area contributed by atoms with E-state index in [9.17, 15) is 9.90 Å². The summed E-state index contributed by atoms with van der Waals surface area (Å²) in [5.41, 5.74) is -0.500. The molecule has 0 saturated carbocycles. The lowest BCUT2D eigenvalue weighted by atomic mass is 9.83. The Morgan fingerprint density at radius 2 is 1.90 bits per heavy atom. The first-order chi connectivity index (χ1) is 14.2. The van der Waals surface area contributed by atoms with Gasteiger partial charge in [0.15, 0.2) is 0 Å². The van der Waals surface area contributed by atoms with Gasteiger partial charge in [0.05, 0.1) is 6.61 Å². The van der Waals surface area contributed by atoms with Crippen LogP contribution in [0.15, 0.2) is 36.0 Å². The number of unbranched alkanes of at least 4 members (excludes halogenated alkanes) is 6. The van der Waals surface area contributed by atoms with Gasteiger partial charge in [-0.05, 0) is 38.1 Å². The molecule has 0 spiro atoms. The van der Waals surface area contributed by atoms with Crippen LogP contribution >= 0.6 is 0 Å². The average molecular weight is 437 g/mol. The number of aliphatic hydroxyl groups is 2. The largest absolute Gasteiger partial charge is 0.463 e. The number of ether oxygens (including phenoxy) is 1. The Hall–Kier alpha value is -1.17. The van der Waals surface area contributed by atoms with E-state index in [1.165, 1.54) is 0 Å². The fourth-order valence-corrected chi connectivity index (χ4v) is 4.32. The second-order valence-corrected chi connectivity index (χ2v) is 15.3. The zero-order chi connectivity index (χ0) is 22.5. The van der Waals surface area contributed by atoms with Crippen molar-refractivity contribution in [3.8, 4) is 0 Å². The van der Waals surface area contributed by atoms with Crippen LogP contribution in [0, 0.1) is 5.92 Å². The third-order valence-corrected chi connectivity index (χ3v) is 7.30. The Bertz CT molecular complexity index is 588. The fraction of sp³-hybridized carbons (Fsp3) is 0.720. The first-order valence-corrected chi connectivity index (χ1v) is 15.5. The summed E-state index contributed by atoms with van der Waals surface area (Å²) in [7, 11) is -1.27. The summed E-state index contributed by atoms with van der Waals surface area (Å²) in [6, 6.07) is 0.949. The van der Waals surface area contributed by atoms with E-state index in [-0.39, 0.29) is 18.5 Å². The molecule has 5 heteroatoms. The summed E-state index contributed by atoms with van der Waals surface area (Å²) in [5, 5.41) is 20.1. The molecule has 0 aromatic heterocycles. The zero-order valence-corrected chi connectivity index (χ0v) is 20.7. The number of hydrogen-bond donors (Lipinski definition) is 2. The highest BCUT2D eigenvalue weighted by atomic mass is 28.3. The molecule has 1 aliphatic carbocycles. The van der Waals surface area contributed by atoms with Gasteiger partial charge in [0.25, 0.3) is 0 Å². The molecule has 0 saturated heterocycles. The van der Waals surface area contributed by atoms with Crippen LogP contribution in [0.5, 0.6) is 0 Å². The van der Waals surface area contributed by atoms with Crippen molar-refractivity contribution >= 4 is 14.0 Å². The number of carbonyl (C=O) groups is 1. The van der Waals surface area contributed by atoms with Crippen LogP contribution in [-0.2, 0) is 9.53 Å². The standard InChI is InChI=1S/C25H44O4Si/c1-5-6-11-15-22(24(27)29-20-21-30(2,3)4)23-16-14-18-25(23,28)17-12-9-7-8-10-13-19-26/h12,14-15,17-18,23,26,28H,5-11,13,16,19-21H2,1-4H3/t23?,25-/m1/s1. The van der Waals surface area contributed by atoms with Crippen LogP contribution < -0.4 is 0 Å². The van der Waals surface area contributed by atoms with Crippen molar-refractivity contribution in [3.63, 3.8) is 0 Å². The summed E-state index contributed by atoms with van der Waals surface area (Å²) in [5.74, 6) is -0.548. The van der Waals surface area contributed by atoms with E-state index < -0.39 is 13.7 Å². The molecule has 0 aromatic carbocycles.